The van der Waals surface area contributed by atoms with Crippen LogP contribution >= 0.6 is 15.9 Å². The van der Waals surface area contributed by atoms with E-state index in [1.165, 1.54) is 39.8 Å². The van der Waals surface area contributed by atoms with E-state index in [0.717, 1.165) is 6.42 Å². The van der Waals surface area contributed by atoms with Crippen molar-refractivity contribution in [2.24, 2.45) is 0 Å². The van der Waals surface area contributed by atoms with Gasteiger partial charge in [-0.25, -0.2) is 0 Å². The SMILES string of the molecule is Cc1c(C)c(C)c(C(Br)C2CCC(C)O2)c(C)c1C. The minimum atomic E-state index is 0.314. The lowest BCUT2D eigenvalue weighted by molar-refractivity contribution is 0.0555. The van der Waals surface area contributed by atoms with Gasteiger partial charge in [-0.3, -0.25) is 0 Å². The fraction of sp³-hybridized carbons (Fsp3) is 0.647. The molecule has 3 atom stereocenters. The van der Waals surface area contributed by atoms with Crippen LogP contribution in [-0.2, 0) is 4.74 Å². The zero-order chi connectivity index (χ0) is 14.3. The van der Waals surface area contributed by atoms with Crippen LogP contribution in [0.15, 0.2) is 0 Å². The largest absolute Gasteiger partial charge is 0.374 e. The summed E-state index contributed by atoms with van der Waals surface area (Å²) < 4.78 is 6.05. The summed E-state index contributed by atoms with van der Waals surface area (Å²) >= 11 is 3.91. The molecular weight excluding hydrogens is 300 g/mol. The van der Waals surface area contributed by atoms with Crippen LogP contribution in [0.5, 0.6) is 0 Å². The highest BCUT2D eigenvalue weighted by Gasteiger charge is 2.31. The Bertz CT molecular complexity index is 464. The predicted molar refractivity (Wildman–Crippen MR) is 85.4 cm³/mol. The number of ether oxygens (including phenoxy) is 1. The van der Waals surface area contributed by atoms with Gasteiger partial charge >= 0.3 is 0 Å². The normalized spacial score (nSPS) is 24.8. The minimum absolute atomic E-state index is 0.314. The topological polar surface area (TPSA) is 9.23 Å². The lowest BCUT2D eigenvalue weighted by Gasteiger charge is -2.25. The van der Waals surface area contributed by atoms with Gasteiger partial charge in [-0.2, -0.15) is 0 Å². The van der Waals surface area contributed by atoms with E-state index in [4.69, 9.17) is 4.74 Å². The van der Waals surface area contributed by atoms with Crippen molar-refractivity contribution in [3.8, 4) is 0 Å². The molecule has 0 saturated carbocycles. The van der Waals surface area contributed by atoms with Gasteiger partial charge < -0.3 is 4.74 Å². The minimum Gasteiger partial charge on any atom is -0.374 e. The first-order valence-corrected chi connectivity index (χ1v) is 8.12. The second kappa shape index (κ2) is 5.57. The maximum Gasteiger partial charge on any atom is 0.0745 e. The molecule has 1 aliphatic rings. The molecule has 1 fully saturated rings. The van der Waals surface area contributed by atoms with E-state index in [1.807, 2.05) is 0 Å². The number of alkyl halides is 1. The number of benzene rings is 1. The molecule has 0 spiro atoms. The number of hydrogen-bond donors (Lipinski definition) is 0. The predicted octanol–water partition coefficient (Wildman–Crippen LogP) is 5.23. The zero-order valence-electron chi connectivity index (χ0n) is 12.9. The van der Waals surface area contributed by atoms with Gasteiger partial charge in [0.05, 0.1) is 17.0 Å². The molecule has 0 radical (unpaired) electrons. The van der Waals surface area contributed by atoms with Gasteiger partial charge in [-0.05, 0) is 87.8 Å². The average molecular weight is 325 g/mol. The summed E-state index contributed by atoms with van der Waals surface area (Å²) in [7, 11) is 0. The van der Waals surface area contributed by atoms with Crippen LogP contribution in [0.25, 0.3) is 0 Å². The van der Waals surface area contributed by atoms with E-state index in [-0.39, 0.29) is 0 Å². The van der Waals surface area contributed by atoms with Gasteiger partial charge in [-0.1, -0.05) is 15.9 Å². The molecule has 1 aliphatic heterocycles. The van der Waals surface area contributed by atoms with Gasteiger partial charge in [0.15, 0.2) is 0 Å². The van der Waals surface area contributed by atoms with Crippen molar-refractivity contribution in [1.82, 2.24) is 0 Å². The van der Waals surface area contributed by atoms with Crippen LogP contribution in [0.2, 0.25) is 0 Å². The third-order valence-electron chi connectivity index (χ3n) is 4.93. The summed E-state index contributed by atoms with van der Waals surface area (Å²) in [5.74, 6) is 0. The summed E-state index contributed by atoms with van der Waals surface area (Å²) in [6.07, 6.45) is 3.04. The van der Waals surface area contributed by atoms with Crippen LogP contribution in [0.1, 0.15) is 58.0 Å². The average Bonchev–Trinajstić information content (AvgIpc) is 2.81. The molecule has 19 heavy (non-hydrogen) atoms. The highest BCUT2D eigenvalue weighted by Crippen LogP contribution is 2.41. The molecule has 0 N–H and O–H groups in total. The third-order valence-corrected chi connectivity index (χ3v) is 5.97. The van der Waals surface area contributed by atoms with Crippen molar-refractivity contribution < 1.29 is 4.74 Å². The number of rotatable bonds is 2. The Morgan fingerprint density at radius 1 is 0.895 bits per heavy atom. The molecular formula is C17H25BrO. The summed E-state index contributed by atoms with van der Waals surface area (Å²) in [5, 5.41) is 0. The van der Waals surface area contributed by atoms with Crippen molar-refractivity contribution >= 4 is 15.9 Å². The third kappa shape index (κ3) is 2.62. The molecule has 1 aromatic rings. The summed E-state index contributed by atoms with van der Waals surface area (Å²) in [6, 6.07) is 0. The van der Waals surface area contributed by atoms with Crippen molar-refractivity contribution in [2.45, 2.75) is 71.4 Å². The highest BCUT2D eigenvalue weighted by atomic mass is 79.9. The molecule has 0 aliphatic carbocycles. The molecule has 0 aromatic heterocycles. The number of hydrogen-bond acceptors (Lipinski definition) is 1. The molecule has 1 aromatic carbocycles. The summed E-state index contributed by atoms with van der Waals surface area (Å²) in [6.45, 7) is 13.4. The van der Waals surface area contributed by atoms with E-state index in [0.29, 0.717) is 17.0 Å². The monoisotopic (exact) mass is 324 g/mol. The van der Waals surface area contributed by atoms with Crippen molar-refractivity contribution in [3.05, 3.63) is 33.4 Å². The Hall–Kier alpha value is -0.340. The van der Waals surface area contributed by atoms with E-state index >= 15 is 0 Å². The maximum absolute atomic E-state index is 6.05. The molecule has 1 heterocycles. The first-order valence-electron chi connectivity index (χ1n) is 7.21. The van der Waals surface area contributed by atoms with Crippen LogP contribution in [0.3, 0.4) is 0 Å². The zero-order valence-corrected chi connectivity index (χ0v) is 14.5. The molecule has 1 saturated heterocycles. The second-order valence-corrected chi connectivity index (χ2v) is 6.99. The van der Waals surface area contributed by atoms with Gasteiger partial charge in [0.1, 0.15) is 0 Å². The Balaban J connectivity index is 2.45. The van der Waals surface area contributed by atoms with Crippen molar-refractivity contribution in [3.63, 3.8) is 0 Å². The first kappa shape index (κ1) is 15.1. The van der Waals surface area contributed by atoms with Crippen LogP contribution in [-0.4, -0.2) is 12.2 Å². The van der Waals surface area contributed by atoms with E-state index in [1.54, 1.807) is 0 Å². The smallest absolute Gasteiger partial charge is 0.0745 e. The molecule has 106 valence electrons. The Kier molecular flexibility index (Phi) is 4.42. The Morgan fingerprint density at radius 2 is 1.37 bits per heavy atom. The van der Waals surface area contributed by atoms with Gasteiger partial charge in [0.2, 0.25) is 0 Å². The van der Waals surface area contributed by atoms with E-state index in [2.05, 4.69) is 57.5 Å². The lowest BCUT2D eigenvalue weighted by Crippen LogP contribution is -2.17. The fourth-order valence-corrected chi connectivity index (χ4v) is 4.25. The van der Waals surface area contributed by atoms with Gasteiger partial charge in [0.25, 0.3) is 0 Å². The first-order chi connectivity index (χ1) is 8.84. The quantitative estimate of drug-likeness (QED) is 0.676. The summed E-state index contributed by atoms with van der Waals surface area (Å²) in [5.41, 5.74) is 8.57. The standard InChI is InChI=1S/C17H25BrO/c1-9-7-8-15(19-9)17(18)16-13(5)11(3)10(2)12(4)14(16)6/h9,15,17H,7-8H2,1-6H3. The van der Waals surface area contributed by atoms with E-state index in [9.17, 15) is 0 Å². The van der Waals surface area contributed by atoms with E-state index < -0.39 is 0 Å². The highest BCUT2D eigenvalue weighted by molar-refractivity contribution is 9.09. The molecule has 0 amide bonds. The lowest BCUT2D eigenvalue weighted by atomic mass is 9.87. The molecule has 1 nitrogen and oxygen atoms in total. The molecule has 3 unspecified atom stereocenters. The summed E-state index contributed by atoms with van der Waals surface area (Å²) in [4.78, 5) is 0.315. The fourth-order valence-electron chi connectivity index (χ4n) is 3.18. The second-order valence-electron chi connectivity index (χ2n) is 6.00. The van der Waals surface area contributed by atoms with Crippen LogP contribution in [0.4, 0.5) is 0 Å². The molecule has 2 heteroatoms. The number of halogens is 1. The van der Waals surface area contributed by atoms with Crippen LogP contribution in [0, 0.1) is 34.6 Å². The maximum atomic E-state index is 6.05. The van der Waals surface area contributed by atoms with Crippen molar-refractivity contribution in [2.75, 3.05) is 0 Å². The Morgan fingerprint density at radius 3 is 1.79 bits per heavy atom. The van der Waals surface area contributed by atoms with Gasteiger partial charge in [-0.15, -0.1) is 0 Å². The molecule has 2 rings (SSSR count). The van der Waals surface area contributed by atoms with Crippen molar-refractivity contribution in [1.29, 1.82) is 0 Å². The van der Waals surface area contributed by atoms with Gasteiger partial charge in [0, 0.05) is 0 Å². The van der Waals surface area contributed by atoms with Crippen LogP contribution < -0.4 is 0 Å². The molecule has 0 bridgehead atoms. The Labute approximate surface area is 125 Å².